The van der Waals surface area contributed by atoms with Crippen molar-refractivity contribution in [2.75, 3.05) is 14.1 Å². The fourth-order valence-electron chi connectivity index (χ4n) is 2.35. The molecule has 2 heterocycles. The van der Waals surface area contributed by atoms with Gasteiger partial charge in [-0.1, -0.05) is 23.7 Å². The number of hydrogen-bond donors (Lipinski definition) is 0. The number of barbiturate groups is 1. The lowest BCUT2D eigenvalue weighted by molar-refractivity contribution is -0.134. The minimum Gasteiger partial charge on any atom is -0.457 e. The zero-order valence-corrected chi connectivity index (χ0v) is 13.7. The Morgan fingerprint density at radius 1 is 0.958 bits per heavy atom. The summed E-state index contributed by atoms with van der Waals surface area (Å²) in [6.07, 6.45) is 1.32. The number of halogens is 1. The fourth-order valence-corrected chi connectivity index (χ4v) is 2.58. The molecule has 1 aromatic heterocycles. The normalized spacial score (nSPS) is 15.3. The number of benzene rings is 1. The van der Waals surface area contributed by atoms with Crippen molar-refractivity contribution >= 4 is 35.5 Å². The molecule has 2 aromatic rings. The third kappa shape index (κ3) is 2.61. The SMILES string of the molecule is CN1C(=O)C(=Cc2ccc(-c3ccccc3Cl)o2)C(=O)N(C)C1=O. The summed E-state index contributed by atoms with van der Waals surface area (Å²) in [5.74, 6) is -0.503. The lowest BCUT2D eigenvalue weighted by atomic mass is 10.1. The predicted molar refractivity (Wildman–Crippen MR) is 88.1 cm³/mol. The number of hydrogen-bond acceptors (Lipinski definition) is 4. The Kier molecular flexibility index (Phi) is 3.99. The molecule has 0 bridgehead atoms. The summed E-state index contributed by atoms with van der Waals surface area (Å²) in [5, 5.41) is 0.529. The number of nitrogens with zero attached hydrogens (tertiary/aromatic N) is 2. The van der Waals surface area contributed by atoms with Crippen molar-refractivity contribution in [1.29, 1.82) is 0 Å². The van der Waals surface area contributed by atoms with Gasteiger partial charge in [-0.3, -0.25) is 19.4 Å². The van der Waals surface area contributed by atoms with E-state index in [0.717, 1.165) is 9.80 Å². The molecule has 122 valence electrons. The van der Waals surface area contributed by atoms with Gasteiger partial charge in [-0.25, -0.2) is 4.79 Å². The van der Waals surface area contributed by atoms with Crippen LogP contribution in [-0.2, 0) is 9.59 Å². The van der Waals surface area contributed by atoms with E-state index in [2.05, 4.69) is 0 Å². The second-order valence-electron chi connectivity index (χ2n) is 5.25. The number of imide groups is 2. The van der Waals surface area contributed by atoms with Crippen molar-refractivity contribution in [2.24, 2.45) is 0 Å². The van der Waals surface area contributed by atoms with Gasteiger partial charge in [-0.2, -0.15) is 0 Å². The molecular weight excluding hydrogens is 332 g/mol. The van der Waals surface area contributed by atoms with Gasteiger partial charge < -0.3 is 4.42 Å². The Hall–Kier alpha value is -2.86. The molecular formula is C17H13ClN2O4. The summed E-state index contributed by atoms with van der Waals surface area (Å²) >= 11 is 6.13. The van der Waals surface area contributed by atoms with E-state index in [1.807, 2.05) is 6.07 Å². The molecule has 7 heteroatoms. The highest BCUT2D eigenvalue weighted by molar-refractivity contribution is 6.33. The minimum atomic E-state index is -0.668. The van der Waals surface area contributed by atoms with Gasteiger partial charge in [0, 0.05) is 19.7 Å². The van der Waals surface area contributed by atoms with Crippen molar-refractivity contribution < 1.29 is 18.8 Å². The molecule has 24 heavy (non-hydrogen) atoms. The number of amides is 4. The number of urea groups is 1. The molecule has 1 aliphatic rings. The Bertz CT molecular complexity index is 858. The molecule has 6 nitrogen and oxygen atoms in total. The van der Waals surface area contributed by atoms with Crippen LogP contribution in [-0.4, -0.2) is 41.7 Å². The largest absolute Gasteiger partial charge is 0.457 e. The van der Waals surface area contributed by atoms with E-state index >= 15 is 0 Å². The summed E-state index contributed by atoms with van der Waals surface area (Å²) in [6.45, 7) is 0. The van der Waals surface area contributed by atoms with Crippen molar-refractivity contribution in [2.45, 2.75) is 0 Å². The first-order valence-corrected chi connectivity index (χ1v) is 7.44. The maximum absolute atomic E-state index is 12.2. The molecule has 1 aromatic carbocycles. The molecule has 0 atom stereocenters. The van der Waals surface area contributed by atoms with Crippen LogP contribution >= 0.6 is 11.6 Å². The van der Waals surface area contributed by atoms with Crippen LogP contribution in [0.25, 0.3) is 17.4 Å². The zero-order valence-electron chi connectivity index (χ0n) is 12.9. The van der Waals surface area contributed by atoms with Crippen LogP contribution in [0.5, 0.6) is 0 Å². The molecule has 1 aliphatic heterocycles. The fraction of sp³-hybridized carbons (Fsp3) is 0.118. The van der Waals surface area contributed by atoms with Gasteiger partial charge >= 0.3 is 6.03 Å². The quantitative estimate of drug-likeness (QED) is 0.620. The number of carbonyl (C=O) groups excluding carboxylic acids is 3. The lowest BCUT2D eigenvalue weighted by Gasteiger charge is -2.28. The molecule has 3 rings (SSSR count). The summed E-state index contributed by atoms with van der Waals surface area (Å²) in [5.41, 5.74) is 0.564. The Balaban J connectivity index is 1.97. The average Bonchev–Trinajstić information content (AvgIpc) is 3.04. The molecule has 0 radical (unpaired) electrons. The van der Waals surface area contributed by atoms with Gasteiger partial charge in [-0.05, 0) is 30.3 Å². The zero-order chi connectivity index (χ0) is 17.4. The second kappa shape index (κ2) is 5.98. The van der Waals surface area contributed by atoms with Crippen molar-refractivity contribution in [3.05, 3.63) is 52.8 Å². The van der Waals surface area contributed by atoms with Crippen molar-refractivity contribution in [3.63, 3.8) is 0 Å². The van der Waals surface area contributed by atoms with Gasteiger partial charge in [0.15, 0.2) is 0 Å². The van der Waals surface area contributed by atoms with Crippen LogP contribution in [0, 0.1) is 0 Å². The van der Waals surface area contributed by atoms with Gasteiger partial charge in [0.25, 0.3) is 11.8 Å². The van der Waals surface area contributed by atoms with E-state index in [1.54, 1.807) is 30.3 Å². The van der Waals surface area contributed by atoms with Gasteiger partial charge in [0.05, 0.1) is 5.02 Å². The smallest absolute Gasteiger partial charge is 0.333 e. The summed E-state index contributed by atoms with van der Waals surface area (Å²) in [4.78, 5) is 37.8. The third-order valence-corrected chi connectivity index (χ3v) is 4.03. The number of carbonyl (C=O) groups is 3. The van der Waals surface area contributed by atoms with Crippen molar-refractivity contribution in [1.82, 2.24) is 9.80 Å². The summed E-state index contributed by atoms with van der Waals surface area (Å²) in [6, 6.07) is 9.83. The maximum atomic E-state index is 12.2. The molecule has 0 N–H and O–H groups in total. The first-order chi connectivity index (χ1) is 11.4. The Morgan fingerprint density at radius 2 is 1.58 bits per heavy atom. The van der Waals surface area contributed by atoms with Crippen LogP contribution in [0.15, 0.2) is 46.4 Å². The molecule has 0 unspecified atom stereocenters. The van der Waals surface area contributed by atoms with E-state index in [4.69, 9.17) is 16.0 Å². The van der Waals surface area contributed by atoms with Gasteiger partial charge in [-0.15, -0.1) is 0 Å². The van der Waals surface area contributed by atoms with Gasteiger partial charge in [0.1, 0.15) is 17.1 Å². The van der Waals surface area contributed by atoms with E-state index in [9.17, 15) is 14.4 Å². The first kappa shape index (κ1) is 16.0. The van der Waals surface area contributed by atoms with Gasteiger partial charge in [0.2, 0.25) is 0 Å². The highest BCUT2D eigenvalue weighted by Crippen LogP contribution is 2.30. The van der Waals surface area contributed by atoms with E-state index in [-0.39, 0.29) is 5.57 Å². The Labute approximate surface area is 142 Å². The van der Waals surface area contributed by atoms with Crippen LogP contribution in [0.4, 0.5) is 4.79 Å². The molecule has 0 spiro atoms. The highest BCUT2D eigenvalue weighted by atomic mass is 35.5. The maximum Gasteiger partial charge on any atom is 0.333 e. The highest BCUT2D eigenvalue weighted by Gasteiger charge is 2.38. The number of likely N-dealkylation sites (N-methyl/N-ethyl adjacent to an activating group) is 2. The van der Waals surface area contributed by atoms with Crippen LogP contribution in [0.2, 0.25) is 5.02 Å². The van der Waals surface area contributed by atoms with Crippen LogP contribution in [0.1, 0.15) is 5.76 Å². The first-order valence-electron chi connectivity index (χ1n) is 7.06. The van der Waals surface area contributed by atoms with E-state index in [0.29, 0.717) is 22.1 Å². The number of rotatable bonds is 2. The average molecular weight is 345 g/mol. The molecule has 0 saturated carbocycles. The second-order valence-corrected chi connectivity index (χ2v) is 5.66. The molecule has 1 fully saturated rings. The predicted octanol–water partition coefficient (Wildman–Crippen LogP) is 3.03. The molecule has 1 saturated heterocycles. The Morgan fingerprint density at radius 3 is 2.21 bits per heavy atom. The lowest BCUT2D eigenvalue weighted by Crippen LogP contribution is -2.52. The standard InChI is InChI=1S/C17H13ClN2O4/c1-19-15(21)12(16(22)20(2)17(19)23)9-10-7-8-14(24-10)11-5-3-4-6-13(11)18/h3-9H,1-2H3. The van der Waals surface area contributed by atoms with E-state index in [1.165, 1.54) is 20.2 Å². The third-order valence-electron chi connectivity index (χ3n) is 3.70. The minimum absolute atomic E-state index is 0.139. The van der Waals surface area contributed by atoms with E-state index < -0.39 is 17.8 Å². The monoisotopic (exact) mass is 344 g/mol. The van der Waals surface area contributed by atoms with Crippen molar-refractivity contribution in [3.8, 4) is 11.3 Å². The molecule has 0 aliphatic carbocycles. The number of furan rings is 1. The summed E-state index contributed by atoms with van der Waals surface area (Å²) in [7, 11) is 2.64. The summed E-state index contributed by atoms with van der Waals surface area (Å²) < 4.78 is 5.66. The van der Waals surface area contributed by atoms with Crippen LogP contribution < -0.4 is 0 Å². The molecule has 4 amide bonds. The topological polar surface area (TPSA) is 70.8 Å². The van der Waals surface area contributed by atoms with Crippen LogP contribution in [0.3, 0.4) is 0 Å².